The van der Waals surface area contributed by atoms with E-state index in [1.807, 2.05) is 0 Å². The van der Waals surface area contributed by atoms with Crippen molar-refractivity contribution in [3.05, 3.63) is 85.1 Å². The summed E-state index contributed by atoms with van der Waals surface area (Å²) in [4.78, 5) is 35.3. The Kier molecular flexibility index (Phi) is 65.0. The molecule has 2 unspecified atom stereocenters. The topological polar surface area (TPSA) is 134 Å². The van der Waals surface area contributed by atoms with E-state index in [0.29, 0.717) is 6.42 Å². The molecule has 0 aromatic carbocycles. The van der Waals surface area contributed by atoms with Crippen molar-refractivity contribution >= 4 is 19.8 Å². The zero-order chi connectivity index (χ0) is 59.4. The van der Waals surface area contributed by atoms with Gasteiger partial charge in [0.25, 0.3) is 0 Å². The summed E-state index contributed by atoms with van der Waals surface area (Å²) in [5.41, 5.74) is 5.40. The number of hydrogen-bond donors (Lipinski definition) is 2. The van der Waals surface area contributed by atoms with Gasteiger partial charge >= 0.3 is 19.8 Å². The average Bonchev–Trinajstić information content (AvgIpc) is 3.49. The number of phosphoric ester groups is 1. The highest BCUT2D eigenvalue weighted by Crippen LogP contribution is 2.43. The molecule has 0 aliphatic rings. The molecule has 9 nitrogen and oxygen atoms in total. The van der Waals surface area contributed by atoms with Gasteiger partial charge in [0.15, 0.2) is 6.10 Å². The van der Waals surface area contributed by atoms with Gasteiger partial charge in [0, 0.05) is 19.4 Å². The largest absolute Gasteiger partial charge is 0.472 e. The number of hydrogen-bond acceptors (Lipinski definition) is 8. The first kappa shape index (κ1) is 79.2. The SMILES string of the molecule is CC/C=C\C/C=C\C/C=C\C/C=C\C/C=C\C/C=C\C/C=C\CCCCCCCCCCCCCCCC(=O)OC(COC(=O)CCCCCCCCCCCCCCCCCCCCCCCCCCCC)COP(=O)(O)OCCN. The van der Waals surface area contributed by atoms with Crippen LogP contribution in [0.5, 0.6) is 0 Å². The molecule has 0 rings (SSSR count). The van der Waals surface area contributed by atoms with Crippen molar-refractivity contribution in [2.75, 3.05) is 26.4 Å². The minimum atomic E-state index is -4.39. The van der Waals surface area contributed by atoms with Crippen molar-refractivity contribution in [2.45, 2.75) is 335 Å². The Labute approximate surface area is 506 Å². The number of rotatable bonds is 65. The maximum Gasteiger partial charge on any atom is 0.472 e. The lowest BCUT2D eigenvalue weighted by atomic mass is 10.0. The summed E-state index contributed by atoms with van der Waals surface area (Å²) >= 11 is 0. The monoisotopic (exact) mass is 1170 g/mol. The summed E-state index contributed by atoms with van der Waals surface area (Å²) in [5, 5.41) is 0. The van der Waals surface area contributed by atoms with E-state index >= 15 is 0 Å². The maximum atomic E-state index is 12.8. The number of carbonyl (C=O) groups is 2. The van der Waals surface area contributed by atoms with E-state index in [1.165, 1.54) is 212 Å². The molecule has 476 valence electrons. The third-order valence-electron chi connectivity index (χ3n) is 15.0. The van der Waals surface area contributed by atoms with Gasteiger partial charge in [0.1, 0.15) is 6.61 Å². The van der Waals surface area contributed by atoms with Gasteiger partial charge in [-0.15, -0.1) is 0 Å². The highest BCUT2D eigenvalue weighted by Gasteiger charge is 2.26. The van der Waals surface area contributed by atoms with Crippen LogP contribution in [0.2, 0.25) is 0 Å². The summed E-state index contributed by atoms with van der Waals surface area (Å²) in [5.74, 6) is -0.816. The van der Waals surface area contributed by atoms with Crippen LogP contribution in [0.3, 0.4) is 0 Å². The summed E-state index contributed by atoms with van der Waals surface area (Å²) in [6, 6.07) is 0. The molecule has 2 atom stereocenters. The maximum absolute atomic E-state index is 12.8. The van der Waals surface area contributed by atoms with Gasteiger partial charge in [-0.2, -0.15) is 0 Å². The van der Waals surface area contributed by atoms with E-state index in [0.717, 1.165) is 83.5 Å². The van der Waals surface area contributed by atoms with Crippen LogP contribution < -0.4 is 5.73 Å². The summed E-state index contributed by atoms with van der Waals surface area (Å²) in [7, 11) is -4.39. The highest BCUT2D eigenvalue weighted by molar-refractivity contribution is 7.47. The number of nitrogens with two attached hydrogens (primary N) is 1. The molecule has 0 spiro atoms. The van der Waals surface area contributed by atoms with Gasteiger partial charge in [-0.1, -0.05) is 330 Å². The van der Waals surface area contributed by atoms with Crippen molar-refractivity contribution < 1.29 is 37.6 Å². The van der Waals surface area contributed by atoms with Gasteiger partial charge in [0.05, 0.1) is 13.2 Å². The Hall–Kier alpha value is -2.81. The van der Waals surface area contributed by atoms with E-state index < -0.39 is 26.5 Å². The molecule has 0 aliphatic heterocycles. The Morgan fingerprint density at radius 1 is 0.378 bits per heavy atom. The van der Waals surface area contributed by atoms with Gasteiger partial charge in [-0.25, -0.2) is 4.57 Å². The number of unbranched alkanes of at least 4 members (excludes halogenated alkanes) is 38. The number of allylic oxidation sites excluding steroid dienone is 14. The van der Waals surface area contributed by atoms with Crippen molar-refractivity contribution in [2.24, 2.45) is 5.73 Å². The van der Waals surface area contributed by atoms with E-state index in [2.05, 4.69) is 98.9 Å². The molecule has 0 aromatic rings. The van der Waals surface area contributed by atoms with Crippen molar-refractivity contribution in [3.8, 4) is 0 Å². The normalized spacial score (nSPS) is 13.5. The second-order valence-corrected chi connectivity index (χ2v) is 24.5. The second kappa shape index (κ2) is 67.3. The Morgan fingerprint density at radius 2 is 0.671 bits per heavy atom. The molecule has 0 fully saturated rings. The molecular formula is C72H130NO8P. The zero-order valence-electron chi connectivity index (χ0n) is 53.5. The molecule has 0 saturated carbocycles. The van der Waals surface area contributed by atoms with Gasteiger partial charge in [-0.05, 0) is 70.6 Å². The van der Waals surface area contributed by atoms with Crippen molar-refractivity contribution in [3.63, 3.8) is 0 Å². The van der Waals surface area contributed by atoms with E-state index in [9.17, 15) is 19.0 Å². The van der Waals surface area contributed by atoms with Crippen LogP contribution in [0, 0.1) is 0 Å². The van der Waals surface area contributed by atoms with Crippen LogP contribution in [0.1, 0.15) is 328 Å². The summed E-state index contributed by atoms with van der Waals surface area (Å²) < 4.78 is 33.2. The molecular weight excluding hydrogens is 1040 g/mol. The lowest BCUT2D eigenvalue weighted by Gasteiger charge is -2.19. The molecule has 0 aliphatic carbocycles. The van der Waals surface area contributed by atoms with Crippen LogP contribution in [0.4, 0.5) is 0 Å². The first-order valence-corrected chi connectivity index (χ1v) is 36.1. The zero-order valence-corrected chi connectivity index (χ0v) is 54.4. The fourth-order valence-corrected chi connectivity index (χ4v) is 10.7. The number of phosphoric acid groups is 1. The smallest absolute Gasteiger partial charge is 0.462 e. The lowest BCUT2D eigenvalue weighted by Crippen LogP contribution is -2.29. The third-order valence-corrected chi connectivity index (χ3v) is 16.0. The van der Waals surface area contributed by atoms with Crippen LogP contribution in [-0.4, -0.2) is 49.3 Å². The number of esters is 2. The number of carbonyl (C=O) groups excluding carboxylic acids is 2. The second-order valence-electron chi connectivity index (χ2n) is 23.0. The standard InChI is InChI=1S/C72H130NO8P/c1-3-5-7-9-11-13-15-17-19-21-23-25-27-29-31-32-33-34-35-36-37-38-39-41-43-45-47-49-51-53-55-57-59-61-63-65-72(75)81-70(69-80-82(76,77)79-67-66-73)68-78-71(74)64-62-60-58-56-54-52-50-48-46-44-42-40-30-28-26-24-22-20-18-16-14-12-10-8-6-4-2/h5,7,11,13,17,19,23,25,29,31,33-34,36-37,70H,3-4,6,8-10,12,14-16,18,20-22,24,26-28,30,32,35,38-69,73H2,1-2H3,(H,76,77)/b7-5-,13-11-,19-17-,25-23-,31-29-,34-33-,37-36-. The quantitative estimate of drug-likeness (QED) is 0.0264. The van der Waals surface area contributed by atoms with Crippen LogP contribution in [0.15, 0.2) is 85.1 Å². The van der Waals surface area contributed by atoms with Gasteiger partial charge in [0.2, 0.25) is 0 Å². The van der Waals surface area contributed by atoms with Gasteiger partial charge in [-0.3, -0.25) is 18.6 Å². The first-order valence-electron chi connectivity index (χ1n) is 34.6. The molecule has 10 heteroatoms. The van der Waals surface area contributed by atoms with Crippen LogP contribution >= 0.6 is 7.82 Å². The predicted molar refractivity (Wildman–Crippen MR) is 353 cm³/mol. The molecule has 0 aromatic heterocycles. The average molecular weight is 1170 g/mol. The summed E-state index contributed by atoms with van der Waals surface area (Å²) in [6.45, 7) is 3.68. The Balaban J connectivity index is 3.88. The minimum Gasteiger partial charge on any atom is -0.462 e. The molecule has 0 bridgehead atoms. The first-order chi connectivity index (χ1) is 40.3. The van der Waals surface area contributed by atoms with Crippen LogP contribution in [-0.2, 0) is 32.7 Å². The molecule has 0 radical (unpaired) electrons. The molecule has 0 heterocycles. The fourth-order valence-electron chi connectivity index (χ4n) is 9.97. The molecule has 0 saturated heterocycles. The highest BCUT2D eigenvalue weighted by atomic mass is 31.2. The van der Waals surface area contributed by atoms with Crippen molar-refractivity contribution in [1.82, 2.24) is 0 Å². The van der Waals surface area contributed by atoms with E-state index in [-0.39, 0.29) is 38.6 Å². The van der Waals surface area contributed by atoms with E-state index in [1.54, 1.807) is 0 Å². The van der Waals surface area contributed by atoms with Gasteiger partial charge < -0.3 is 20.1 Å². The Bertz CT molecular complexity index is 1620. The predicted octanol–water partition coefficient (Wildman–Crippen LogP) is 22.6. The molecule has 82 heavy (non-hydrogen) atoms. The molecule has 3 N–H and O–H groups in total. The minimum absolute atomic E-state index is 0.0524. The van der Waals surface area contributed by atoms with E-state index in [4.69, 9.17) is 24.3 Å². The van der Waals surface area contributed by atoms with Crippen LogP contribution in [0.25, 0.3) is 0 Å². The third kappa shape index (κ3) is 66.3. The fraction of sp³-hybridized carbons (Fsp3) is 0.778. The Morgan fingerprint density at radius 3 is 1.00 bits per heavy atom. The van der Waals surface area contributed by atoms with Crippen molar-refractivity contribution in [1.29, 1.82) is 0 Å². The molecule has 0 amide bonds. The number of ether oxygens (including phenoxy) is 2. The summed E-state index contributed by atoms with van der Waals surface area (Å²) in [6.07, 6.45) is 89.6. The lowest BCUT2D eigenvalue weighted by molar-refractivity contribution is -0.161.